The fraction of sp³-hybridized carbons (Fsp3) is 0.688. The van der Waals surface area contributed by atoms with Gasteiger partial charge >= 0.3 is 0 Å². The summed E-state index contributed by atoms with van der Waals surface area (Å²) in [6.45, 7) is 3.26. The van der Waals surface area contributed by atoms with Crippen molar-refractivity contribution >= 4 is 5.82 Å². The van der Waals surface area contributed by atoms with Crippen LogP contribution in [0.1, 0.15) is 50.3 Å². The van der Waals surface area contributed by atoms with Crippen molar-refractivity contribution in [2.75, 3.05) is 18.1 Å². The Morgan fingerprint density at radius 2 is 2.10 bits per heavy atom. The Labute approximate surface area is 121 Å². The standard InChI is InChI=1S/C16H26N2O2/c1-2-5-14-10-13(12-20)11-16(17-14)18(8-4-9-19)15-6-3-7-15/h10-11,15,19-20H,2-9,12H2,1H3. The molecule has 1 saturated carbocycles. The minimum absolute atomic E-state index is 0.0603. The molecule has 0 unspecified atom stereocenters. The van der Waals surface area contributed by atoms with Gasteiger partial charge in [-0.05, 0) is 49.8 Å². The third-order valence-corrected chi connectivity index (χ3v) is 3.98. The highest BCUT2D eigenvalue weighted by Gasteiger charge is 2.26. The van der Waals surface area contributed by atoms with Crippen molar-refractivity contribution in [1.29, 1.82) is 0 Å². The smallest absolute Gasteiger partial charge is 0.129 e. The summed E-state index contributed by atoms with van der Waals surface area (Å²) < 4.78 is 0. The summed E-state index contributed by atoms with van der Waals surface area (Å²) >= 11 is 0. The Morgan fingerprint density at radius 3 is 2.65 bits per heavy atom. The Morgan fingerprint density at radius 1 is 1.30 bits per heavy atom. The molecule has 4 heteroatoms. The van der Waals surface area contributed by atoms with Gasteiger partial charge in [-0.15, -0.1) is 0 Å². The molecule has 1 heterocycles. The van der Waals surface area contributed by atoms with E-state index in [2.05, 4.69) is 11.8 Å². The van der Waals surface area contributed by atoms with Crippen molar-refractivity contribution < 1.29 is 10.2 Å². The zero-order chi connectivity index (χ0) is 14.4. The fourth-order valence-corrected chi connectivity index (χ4v) is 2.68. The maximum absolute atomic E-state index is 9.44. The van der Waals surface area contributed by atoms with Crippen LogP contribution in [0.15, 0.2) is 12.1 Å². The summed E-state index contributed by atoms with van der Waals surface area (Å²) in [6.07, 6.45) is 6.46. The lowest BCUT2D eigenvalue weighted by Crippen LogP contribution is -2.41. The maximum atomic E-state index is 9.44. The highest BCUT2D eigenvalue weighted by Crippen LogP contribution is 2.29. The zero-order valence-corrected chi connectivity index (χ0v) is 12.4. The summed E-state index contributed by atoms with van der Waals surface area (Å²) in [5.41, 5.74) is 1.99. The third kappa shape index (κ3) is 3.70. The largest absolute Gasteiger partial charge is 0.396 e. The Balaban J connectivity index is 2.22. The number of hydrogen-bond acceptors (Lipinski definition) is 4. The molecular formula is C16H26N2O2. The van der Waals surface area contributed by atoms with Crippen LogP contribution in [0.5, 0.6) is 0 Å². The van der Waals surface area contributed by atoms with Crippen LogP contribution in [0.3, 0.4) is 0 Å². The lowest BCUT2D eigenvalue weighted by Gasteiger charge is -2.38. The third-order valence-electron chi connectivity index (χ3n) is 3.98. The van der Waals surface area contributed by atoms with Gasteiger partial charge in [0.15, 0.2) is 0 Å². The SMILES string of the molecule is CCCc1cc(CO)cc(N(CCCO)C2CCC2)n1. The van der Waals surface area contributed by atoms with E-state index < -0.39 is 0 Å². The first kappa shape index (κ1) is 15.3. The van der Waals surface area contributed by atoms with Crippen LogP contribution < -0.4 is 4.90 Å². The molecule has 1 aromatic heterocycles. The summed E-state index contributed by atoms with van der Waals surface area (Å²) in [5, 5.41) is 18.5. The topological polar surface area (TPSA) is 56.6 Å². The van der Waals surface area contributed by atoms with E-state index in [9.17, 15) is 5.11 Å². The first-order valence-electron chi connectivity index (χ1n) is 7.76. The Hall–Kier alpha value is -1.13. The van der Waals surface area contributed by atoms with Crippen molar-refractivity contribution in [3.63, 3.8) is 0 Å². The summed E-state index contributed by atoms with van der Waals surface area (Å²) in [5.74, 6) is 0.971. The molecule has 0 radical (unpaired) electrons. The molecule has 2 N–H and O–H groups in total. The van der Waals surface area contributed by atoms with Crippen molar-refractivity contribution in [2.45, 2.75) is 58.1 Å². The van der Waals surface area contributed by atoms with Crippen LogP contribution in [-0.2, 0) is 13.0 Å². The molecule has 1 fully saturated rings. The summed E-state index contributed by atoms with van der Waals surface area (Å²) in [7, 11) is 0. The molecule has 1 aromatic rings. The summed E-state index contributed by atoms with van der Waals surface area (Å²) in [6, 6.07) is 4.55. The van der Waals surface area contributed by atoms with E-state index in [4.69, 9.17) is 10.1 Å². The number of anilines is 1. The van der Waals surface area contributed by atoms with Crippen LogP contribution in [0.25, 0.3) is 0 Å². The normalized spacial score (nSPS) is 15.2. The molecule has 1 aliphatic rings. The molecule has 0 aliphatic heterocycles. The number of aryl methyl sites for hydroxylation is 1. The van der Waals surface area contributed by atoms with E-state index in [1.54, 1.807) is 0 Å². The molecule has 0 atom stereocenters. The predicted molar refractivity (Wildman–Crippen MR) is 80.8 cm³/mol. The van der Waals surface area contributed by atoms with Gasteiger partial charge in [0.05, 0.1) is 6.61 Å². The van der Waals surface area contributed by atoms with Gasteiger partial charge in [-0.3, -0.25) is 0 Å². The van der Waals surface area contributed by atoms with Gasteiger partial charge < -0.3 is 15.1 Å². The number of aliphatic hydroxyl groups excluding tert-OH is 2. The van der Waals surface area contributed by atoms with E-state index in [-0.39, 0.29) is 13.2 Å². The molecule has 0 amide bonds. The number of pyridine rings is 1. The second-order valence-electron chi connectivity index (χ2n) is 5.59. The monoisotopic (exact) mass is 278 g/mol. The molecule has 0 saturated heterocycles. The maximum Gasteiger partial charge on any atom is 0.129 e. The average Bonchev–Trinajstić information content (AvgIpc) is 2.41. The Kier molecular flexibility index (Phi) is 5.80. The van der Waals surface area contributed by atoms with Gasteiger partial charge in [-0.2, -0.15) is 0 Å². The molecule has 4 nitrogen and oxygen atoms in total. The van der Waals surface area contributed by atoms with Crippen LogP contribution in [0.2, 0.25) is 0 Å². The quantitative estimate of drug-likeness (QED) is 0.766. The van der Waals surface area contributed by atoms with E-state index >= 15 is 0 Å². The average molecular weight is 278 g/mol. The molecular weight excluding hydrogens is 252 g/mol. The van der Waals surface area contributed by atoms with Gasteiger partial charge in [0, 0.05) is 24.9 Å². The van der Waals surface area contributed by atoms with E-state index in [1.165, 1.54) is 19.3 Å². The van der Waals surface area contributed by atoms with Gasteiger partial charge in [-0.1, -0.05) is 13.3 Å². The molecule has 0 spiro atoms. The highest BCUT2D eigenvalue weighted by molar-refractivity contribution is 5.44. The minimum atomic E-state index is 0.0603. The van der Waals surface area contributed by atoms with Gasteiger partial charge in [0.1, 0.15) is 5.82 Å². The van der Waals surface area contributed by atoms with Gasteiger partial charge in [0.2, 0.25) is 0 Å². The number of rotatable bonds is 8. The molecule has 1 aliphatic carbocycles. The van der Waals surface area contributed by atoms with Crippen molar-refractivity contribution in [3.8, 4) is 0 Å². The first-order valence-corrected chi connectivity index (χ1v) is 7.76. The van der Waals surface area contributed by atoms with Crippen molar-refractivity contribution in [3.05, 3.63) is 23.4 Å². The molecule has 2 rings (SSSR count). The lowest BCUT2D eigenvalue weighted by atomic mass is 9.91. The van der Waals surface area contributed by atoms with E-state index in [1.807, 2.05) is 12.1 Å². The molecule has 20 heavy (non-hydrogen) atoms. The highest BCUT2D eigenvalue weighted by atomic mass is 16.3. The van der Waals surface area contributed by atoms with Crippen molar-refractivity contribution in [2.24, 2.45) is 0 Å². The lowest BCUT2D eigenvalue weighted by molar-refractivity contribution is 0.279. The molecule has 0 aromatic carbocycles. The number of nitrogens with zero attached hydrogens (tertiary/aromatic N) is 2. The van der Waals surface area contributed by atoms with Crippen LogP contribution >= 0.6 is 0 Å². The number of aliphatic hydroxyl groups is 2. The van der Waals surface area contributed by atoms with Crippen molar-refractivity contribution in [1.82, 2.24) is 4.98 Å². The van der Waals surface area contributed by atoms with Gasteiger partial charge in [-0.25, -0.2) is 4.98 Å². The van der Waals surface area contributed by atoms with Crippen LogP contribution in [0.4, 0.5) is 5.82 Å². The van der Waals surface area contributed by atoms with E-state index in [0.717, 1.165) is 42.9 Å². The van der Waals surface area contributed by atoms with Crippen LogP contribution in [0, 0.1) is 0 Å². The minimum Gasteiger partial charge on any atom is -0.396 e. The summed E-state index contributed by atoms with van der Waals surface area (Å²) in [4.78, 5) is 7.08. The second-order valence-corrected chi connectivity index (χ2v) is 5.59. The predicted octanol–water partition coefficient (Wildman–Crippen LogP) is 2.27. The molecule has 0 bridgehead atoms. The van der Waals surface area contributed by atoms with Gasteiger partial charge in [0.25, 0.3) is 0 Å². The first-order chi connectivity index (χ1) is 9.78. The van der Waals surface area contributed by atoms with Crippen LogP contribution in [-0.4, -0.2) is 34.4 Å². The number of aromatic nitrogens is 1. The Bertz CT molecular complexity index is 419. The fourth-order valence-electron chi connectivity index (χ4n) is 2.68. The molecule has 112 valence electrons. The zero-order valence-electron chi connectivity index (χ0n) is 12.4. The number of hydrogen-bond donors (Lipinski definition) is 2. The second kappa shape index (κ2) is 7.60. The van der Waals surface area contributed by atoms with E-state index in [0.29, 0.717) is 6.04 Å².